The molecule has 120 valence electrons. The van der Waals surface area contributed by atoms with Crippen molar-refractivity contribution >= 4 is 29.1 Å². The first-order valence-electron chi connectivity index (χ1n) is 7.21. The molecule has 3 rings (SSSR count). The molecule has 6 heteroatoms. The number of amides is 1. The molecule has 1 atom stereocenters. The van der Waals surface area contributed by atoms with Gasteiger partial charge in [0.05, 0.1) is 13.0 Å². The van der Waals surface area contributed by atoms with Crippen molar-refractivity contribution < 1.29 is 14.3 Å². The number of rotatable bonds is 4. The Morgan fingerprint density at radius 1 is 1.09 bits per heavy atom. The largest absolute Gasteiger partial charge is 0.486 e. The summed E-state index contributed by atoms with van der Waals surface area (Å²) < 4.78 is 11.4. The van der Waals surface area contributed by atoms with Crippen LogP contribution in [-0.2, 0) is 11.2 Å². The van der Waals surface area contributed by atoms with Crippen molar-refractivity contribution in [3.8, 4) is 11.5 Å². The van der Waals surface area contributed by atoms with Crippen LogP contribution in [0.5, 0.6) is 11.5 Å². The maximum atomic E-state index is 12.1. The summed E-state index contributed by atoms with van der Waals surface area (Å²) in [5.41, 5.74) is 0.625. The lowest BCUT2D eigenvalue weighted by molar-refractivity contribution is -0.120. The molecule has 0 aliphatic carbocycles. The molecule has 0 spiro atoms. The van der Waals surface area contributed by atoms with Gasteiger partial charge in [-0.25, -0.2) is 0 Å². The van der Waals surface area contributed by atoms with Crippen LogP contribution in [-0.4, -0.2) is 25.2 Å². The molecule has 1 heterocycles. The summed E-state index contributed by atoms with van der Waals surface area (Å²) in [6.07, 6.45) is -0.0987. The van der Waals surface area contributed by atoms with E-state index in [-0.39, 0.29) is 18.4 Å². The van der Waals surface area contributed by atoms with Gasteiger partial charge in [0.1, 0.15) is 12.7 Å². The third-order valence-electron chi connectivity index (χ3n) is 3.49. The number of fused-ring (bicyclic) bond motifs is 1. The van der Waals surface area contributed by atoms with Gasteiger partial charge in [-0.2, -0.15) is 0 Å². The Labute approximate surface area is 144 Å². The Hall–Kier alpha value is -1.91. The molecule has 1 aliphatic heterocycles. The quantitative estimate of drug-likeness (QED) is 0.916. The van der Waals surface area contributed by atoms with E-state index >= 15 is 0 Å². The highest BCUT2D eigenvalue weighted by molar-refractivity contribution is 6.36. The van der Waals surface area contributed by atoms with E-state index in [0.717, 1.165) is 5.75 Å². The number of ether oxygens (including phenoxy) is 2. The molecule has 0 radical (unpaired) electrons. The normalized spacial score (nSPS) is 16.0. The van der Waals surface area contributed by atoms with Gasteiger partial charge in [0.2, 0.25) is 5.91 Å². The van der Waals surface area contributed by atoms with Gasteiger partial charge in [0.15, 0.2) is 11.5 Å². The van der Waals surface area contributed by atoms with Crippen molar-refractivity contribution in [2.24, 2.45) is 0 Å². The molecular weight excluding hydrogens is 337 g/mol. The second-order valence-corrected chi connectivity index (χ2v) is 5.99. The SMILES string of the molecule is O=C(Cc1c(Cl)cccc1Cl)NC[C@H]1COc2ccccc2O1. The first-order valence-corrected chi connectivity index (χ1v) is 7.97. The van der Waals surface area contributed by atoms with Crippen molar-refractivity contribution in [1.29, 1.82) is 0 Å². The van der Waals surface area contributed by atoms with Crippen LogP contribution < -0.4 is 14.8 Å². The molecule has 2 aromatic rings. The monoisotopic (exact) mass is 351 g/mol. The van der Waals surface area contributed by atoms with Gasteiger partial charge in [0, 0.05) is 10.0 Å². The van der Waals surface area contributed by atoms with Gasteiger partial charge in [-0.15, -0.1) is 0 Å². The van der Waals surface area contributed by atoms with Crippen molar-refractivity contribution in [3.63, 3.8) is 0 Å². The molecule has 23 heavy (non-hydrogen) atoms. The summed E-state index contributed by atoms with van der Waals surface area (Å²) in [6.45, 7) is 0.749. The predicted molar refractivity (Wildman–Crippen MR) is 89.5 cm³/mol. The molecule has 0 unspecified atom stereocenters. The zero-order valence-corrected chi connectivity index (χ0v) is 13.7. The summed E-state index contributed by atoms with van der Waals surface area (Å²) in [5.74, 6) is 1.24. The van der Waals surface area contributed by atoms with Crippen LogP contribution in [0.2, 0.25) is 10.0 Å². The van der Waals surface area contributed by atoms with Gasteiger partial charge in [-0.05, 0) is 29.8 Å². The maximum absolute atomic E-state index is 12.1. The molecule has 1 amide bonds. The van der Waals surface area contributed by atoms with Crippen molar-refractivity contribution in [2.45, 2.75) is 12.5 Å². The second-order valence-electron chi connectivity index (χ2n) is 5.18. The van der Waals surface area contributed by atoms with Crippen LogP contribution in [0.1, 0.15) is 5.56 Å². The van der Waals surface area contributed by atoms with Crippen molar-refractivity contribution in [3.05, 3.63) is 58.1 Å². The van der Waals surface area contributed by atoms with Gasteiger partial charge in [-0.3, -0.25) is 4.79 Å². The van der Waals surface area contributed by atoms with E-state index in [1.54, 1.807) is 18.2 Å². The Morgan fingerprint density at radius 3 is 2.52 bits per heavy atom. The number of benzene rings is 2. The fourth-order valence-electron chi connectivity index (χ4n) is 2.32. The number of hydrogen-bond donors (Lipinski definition) is 1. The summed E-state index contributed by atoms with van der Waals surface area (Å²) in [4.78, 5) is 12.1. The fourth-order valence-corrected chi connectivity index (χ4v) is 2.85. The summed E-state index contributed by atoms with van der Waals surface area (Å²) in [5, 5.41) is 3.79. The van der Waals surface area contributed by atoms with Gasteiger partial charge < -0.3 is 14.8 Å². The standard InChI is InChI=1S/C17H15Cl2NO3/c18-13-4-3-5-14(19)12(13)8-17(21)20-9-11-10-22-15-6-1-2-7-16(15)23-11/h1-7,11H,8-10H2,(H,20,21)/t11-/m0/s1. The number of para-hydroxylation sites is 2. The first-order chi connectivity index (χ1) is 11.1. The minimum Gasteiger partial charge on any atom is -0.486 e. The maximum Gasteiger partial charge on any atom is 0.224 e. The van der Waals surface area contributed by atoms with Gasteiger partial charge >= 0.3 is 0 Å². The van der Waals surface area contributed by atoms with Crippen LogP contribution in [0, 0.1) is 0 Å². The highest BCUT2D eigenvalue weighted by Gasteiger charge is 2.21. The average Bonchev–Trinajstić information content (AvgIpc) is 2.56. The van der Waals surface area contributed by atoms with Gasteiger partial charge in [-0.1, -0.05) is 41.4 Å². The zero-order chi connectivity index (χ0) is 16.2. The predicted octanol–water partition coefficient (Wildman–Crippen LogP) is 3.49. The third kappa shape index (κ3) is 3.89. The number of nitrogens with one attached hydrogen (secondary N) is 1. The molecule has 0 saturated carbocycles. The van der Waals surface area contributed by atoms with Crippen LogP contribution in [0.3, 0.4) is 0 Å². The lowest BCUT2D eigenvalue weighted by Gasteiger charge is -2.26. The van der Waals surface area contributed by atoms with Crippen molar-refractivity contribution in [2.75, 3.05) is 13.2 Å². The molecule has 0 fully saturated rings. The van der Waals surface area contributed by atoms with E-state index in [2.05, 4.69) is 5.32 Å². The van der Waals surface area contributed by atoms with Crippen LogP contribution in [0.4, 0.5) is 0 Å². The molecule has 0 saturated heterocycles. The summed E-state index contributed by atoms with van der Waals surface area (Å²) in [7, 11) is 0. The van der Waals surface area contributed by atoms with E-state index in [4.69, 9.17) is 32.7 Å². The zero-order valence-electron chi connectivity index (χ0n) is 12.2. The average molecular weight is 352 g/mol. The second kappa shape index (κ2) is 7.11. The molecule has 2 aromatic carbocycles. The Bertz CT molecular complexity index is 700. The van der Waals surface area contributed by atoms with Crippen LogP contribution >= 0.6 is 23.2 Å². The molecule has 1 aliphatic rings. The number of carbonyl (C=O) groups excluding carboxylic acids is 1. The van der Waals surface area contributed by atoms with Crippen LogP contribution in [0.25, 0.3) is 0 Å². The smallest absolute Gasteiger partial charge is 0.224 e. The molecular formula is C17H15Cl2NO3. The summed E-state index contributed by atoms with van der Waals surface area (Å²) >= 11 is 12.1. The van der Waals surface area contributed by atoms with Crippen LogP contribution in [0.15, 0.2) is 42.5 Å². The van der Waals surface area contributed by atoms with E-state index < -0.39 is 0 Å². The highest BCUT2D eigenvalue weighted by Crippen LogP contribution is 2.30. The number of hydrogen-bond acceptors (Lipinski definition) is 3. The number of carbonyl (C=O) groups is 1. The highest BCUT2D eigenvalue weighted by atomic mass is 35.5. The lowest BCUT2D eigenvalue weighted by Crippen LogP contribution is -2.41. The molecule has 0 bridgehead atoms. The third-order valence-corrected chi connectivity index (χ3v) is 4.20. The summed E-state index contributed by atoms with van der Waals surface area (Å²) in [6, 6.07) is 12.6. The molecule has 0 aromatic heterocycles. The van der Waals surface area contributed by atoms with E-state index in [9.17, 15) is 4.79 Å². The minimum atomic E-state index is -0.226. The lowest BCUT2D eigenvalue weighted by atomic mass is 10.1. The molecule has 1 N–H and O–H groups in total. The first kappa shape index (κ1) is 16.0. The Kier molecular flexibility index (Phi) is 4.94. The topological polar surface area (TPSA) is 47.6 Å². The van der Waals surface area contributed by atoms with E-state index in [1.807, 2.05) is 24.3 Å². The van der Waals surface area contributed by atoms with Crippen molar-refractivity contribution in [1.82, 2.24) is 5.32 Å². The van der Waals surface area contributed by atoms with E-state index in [0.29, 0.717) is 34.5 Å². The van der Waals surface area contributed by atoms with Gasteiger partial charge in [0.25, 0.3) is 0 Å². The van der Waals surface area contributed by atoms with E-state index in [1.165, 1.54) is 0 Å². The minimum absolute atomic E-state index is 0.128. The fraction of sp³-hybridized carbons (Fsp3) is 0.235. The Morgan fingerprint density at radius 2 is 1.78 bits per heavy atom. The number of halogens is 2. The Balaban J connectivity index is 1.54. The molecule has 4 nitrogen and oxygen atoms in total.